The minimum atomic E-state index is -0.939. The van der Waals surface area contributed by atoms with Crippen molar-refractivity contribution in [1.82, 2.24) is 10.6 Å². The molecule has 8 nitrogen and oxygen atoms in total. The van der Waals surface area contributed by atoms with Gasteiger partial charge in [0, 0.05) is 54.8 Å². The molecule has 2 atom stereocenters. The molecular weight excluding hydrogens is 617 g/mol. The predicted octanol–water partition coefficient (Wildman–Crippen LogP) is 6.12. The second kappa shape index (κ2) is 10.1. The van der Waals surface area contributed by atoms with Gasteiger partial charge in [-0.2, -0.15) is 0 Å². The van der Waals surface area contributed by atoms with Gasteiger partial charge in [-0.1, -0.05) is 23.5 Å². The van der Waals surface area contributed by atoms with Crippen molar-refractivity contribution in [3.63, 3.8) is 0 Å². The number of hydrogen-bond donors (Lipinski definition) is 2. The van der Waals surface area contributed by atoms with Crippen LogP contribution in [-0.2, 0) is 19.2 Å². The number of rotatable bonds is 3. The quantitative estimate of drug-likeness (QED) is 0.371. The molecule has 2 saturated heterocycles. The standard InChI is InChI=1S/C36H46N4O4S2/c1-17-25(41)33(7,8)39-35(11)15-21-23(45-29(17)35)19(27(43)31(3,4)37-21)13-14-20-24-22(38-32(5,6)28(20)44)16-36(12)30(46-24)18(2)26(42)34(9,10)40-36/h39-40H,13-16H2,1-12H3/t35-,36+. The summed E-state index contributed by atoms with van der Waals surface area (Å²) in [5.74, 6) is 0.00195. The average Bonchev–Trinajstić information content (AvgIpc) is 2.90. The van der Waals surface area contributed by atoms with Crippen LogP contribution in [0.5, 0.6) is 0 Å². The van der Waals surface area contributed by atoms with Crippen LogP contribution < -0.4 is 10.6 Å². The molecule has 0 aliphatic carbocycles. The average molecular weight is 663 g/mol. The normalized spacial score (nSPS) is 33.0. The molecule has 0 aromatic rings. The van der Waals surface area contributed by atoms with E-state index in [9.17, 15) is 19.2 Å². The Morgan fingerprint density at radius 3 is 1.22 bits per heavy atom. The first kappa shape index (κ1) is 33.5. The maximum Gasteiger partial charge on any atom is 0.186 e. The van der Waals surface area contributed by atoms with Crippen molar-refractivity contribution in [3.8, 4) is 0 Å². The lowest BCUT2D eigenvalue weighted by atomic mass is 9.76. The third-order valence-corrected chi connectivity index (χ3v) is 13.6. The highest BCUT2D eigenvalue weighted by molar-refractivity contribution is 8.08. The van der Waals surface area contributed by atoms with E-state index in [1.165, 1.54) is 23.5 Å². The highest BCUT2D eigenvalue weighted by Crippen LogP contribution is 2.54. The van der Waals surface area contributed by atoms with Gasteiger partial charge in [0.1, 0.15) is 11.1 Å². The van der Waals surface area contributed by atoms with Crippen LogP contribution in [0.2, 0.25) is 0 Å². The van der Waals surface area contributed by atoms with Gasteiger partial charge in [-0.15, -0.1) is 0 Å². The Labute approximate surface area is 281 Å². The third-order valence-electron chi connectivity index (χ3n) is 10.3. The fourth-order valence-electron chi connectivity index (χ4n) is 8.43. The Morgan fingerprint density at radius 1 is 0.565 bits per heavy atom. The van der Waals surface area contributed by atoms with Crippen molar-refractivity contribution in [3.05, 3.63) is 41.9 Å². The van der Waals surface area contributed by atoms with Crippen molar-refractivity contribution in [2.24, 2.45) is 9.98 Å². The highest BCUT2D eigenvalue weighted by atomic mass is 32.2. The van der Waals surface area contributed by atoms with Gasteiger partial charge < -0.3 is 0 Å². The van der Waals surface area contributed by atoms with E-state index in [2.05, 4.69) is 24.5 Å². The van der Waals surface area contributed by atoms with E-state index in [1.54, 1.807) is 0 Å². The number of allylic oxidation sites excluding steroid dienone is 2. The minimum absolute atomic E-state index is 0.0511. The summed E-state index contributed by atoms with van der Waals surface area (Å²) in [7, 11) is 0. The van der Waals surface area contributed by atoms with Crippen molar-refractivity contribution >= 4 is 58.1 Å². The van der Waals surface area contributed by atoms with Gasteiger partial charge in [0.2, 0.25) is 0 Å². The lowest BCUT2D eigenvalue weighted by Crippen LogP contribution is -2.64. The summed E-state index contributed by atoms with van der Waals surface area (Å²) in [4.78, 5) is 68.1. The molecule has 0 aromatic carbocycles. The number of hydrogen-bond acceptors (Lipinski definition) is 10. The Morgan fingerprint density at radius 2 is 0.891 bits per heavy atom. The zero-order valence-corrected chi connectivity index (χ0v) is 30.8. The third kappa shape index (κ3) is 4.88. The van der Waals surface area contributed by atoms with Crippen LogP contribution in [0.25, 0.3) is 0 Å². The van der Waals surface area contributed by atoms with Gasteiger partial charge in [0.05, 0.1) is 33.6 Å². The van der Waals surface area contributed by atoms with Crippen LogP contribution in [0, 0.1) is 0 Å². The summed E-state index contributed by atoms with van der Waals surface area (Å²) in [6.45, 7) is 23.1. The molecule has 0 amide bonds. The first-order valence-corrected chi connectivity index (χ1v) is 17.8. The molecule has 10 heteroatoms. The van der Waals surface area contributed by atoms with E-state index in [0.717, 1.165) is 42.2 Å². The molecule has 0 unspecified atom stereocenters. The molecule has 0 radical (unpaired) electrons. The van der Waals surface area contributed by atoms with E-state index in [1.807, 2.05) is 69.2 Å². The van der Waals surface area contributed by atoms with Crippen LogP contribution in [-0.4, -0.2) is 67.8 Å². The number of nitrogens with zero attached hydrogens (tertiary/aromatic N) is 2. The summed E-state index contributed by atoms with van der Waals surface area (Å²) in [6, 6.07) is 0. The van der Waals surface area contributed by atoms with Gasteiger partial charge in [-0.3, -0.25) is 39.8 Å². The Hall–Kier alpha value is -2.40. The molecule has 0 spiro atoms. The van der Waals surface area contributed by atoms with E-state index >= 15 is 0 Å². The highest BCUT2D eigenvalue weighted by Gasteiger charge is 2.53. The molecule has 0 bridgehead atoms. The number of fused-ring (bicyclic) bond motifs is 4. The number of thioether (sulfide) groups is 2. The van der Waals surface area contributed by atoms with Gasteiger partial charge in [-0.25, -0.2) is 0 Å². The van der Waals surface area contributed by atoms with E-state index in [0.29, 0.717) is 36.8 Å². The first-order chi connectivity index (χ1) is 20.9. The van der Waals surface area contributed by atoms with E-state index < -0.39 is 33.2 Å². The number of carbonyl (C=O) groups is 4. The Bertz CT molecular complexity index is 1640. The molecule has 6 rings (SSSR count). The molecule has 0 aromatic heterocycles. The summed E-state index contributed by atoms with van der Waals surface area (Å²) in [5.41, 5.74) is 0.270. The van der Waals surface area contributed by atoms with Crippen LogP contribution in [0.3, 0.4) is 0 Å². The minimum Gasteiger partial charge on any atom is -0.295 e. The van der Waals surface area contributed by atoms with E-state index in [-0.39, 0.29) is 23.1 Å². The summed E-state index contributed by atoms with van der Waals surface area (Å²) in [6.07, 6.45) is 1.87. The fourth-order valence-corrected chi connectivity index (χ4v) is 11.1. The number of carbonyl (C=O) groups excluding carboxylic acids is 4. The van der Waals surface area contributed by atoms with Gasteiger partial charge in [0.25, 0.3) is 0 Å². The number of Topliss-reactive ketones (excluding diaryl/α,β-unsaturated/α-hetero) is 4. The molecular formula is C36H46N4O4S2. The topological polar surface area (TPSA) is 117 Å². The Kier molecular flexibility index (Phi) is 7.33. The fraction of sp³-hybridized carbons (Fsp3) is 0.611. The predicted molar refractivity (Wildman–Crippen MR) is 187 cm³/mol. The van der Waals surface area contributed by atoms with Crippen molar-refractivity contribution in [2.45, 2.75) is 142 Å². The van der Waals surface area contributed by atoms with Crippen molar-refractivity contribution in [2.75, 3.05) is 0 Å². The molecule has 6 aliphatic heterocycles. The second-order valence-corrected chi connectivity index (χ2v) is 18.3. The monoisotopic (exact) mass is 662 g/mol. The summed E-state index contributed by atoms with van der Waals surface area (Å²) >= 11 is 2.98. The zero-order valence-electron chi connectivity index (χ0n) is 29.2. The zero-order chi connectivity index (χ0) is 34.2. The lowest BCUT2D eigenvalue weighted by molar-refractivity contribution is -0.122. The van der Waals surface area contributed by atoms with Crippen LogP contribution in [0.15, 0.2) is 51.9 Å². The van der Waals surface area contributed by atoms with Crippen LogP contribution >= 0.6 is 23.5 Å². The molecule has 2 fully saturated rings. The Balaban J connectivity index is 1.43. The molecule has 6 heterocycles. The number of aliphatic imine (C=N–C) groups is 2. The molecule has 6 aliphatic rings. The van der Waals surface area contributed by atoms with Gasteiger partial charge >= 0.3 is 0 Å². The van der Waals surface area contributed by atoms with Gasteiger partial charge in [0.15, 0.2) is 23.1 Å². The first-order valence-electron chi connectivity index (χ1n) is 16.1. The summed E-state index contributed by atoms with van der Waals surface area (Å²) in [5, 5.41) is 7.17. The number of ketones is 4. The van der Waals surface area contributed by atoms with Crippen LogP contribution in [0.1, 0.15) is 109 Å². The smallest absolute Gasteiger partial charge is 0.186 e. The van der Waals surface area contributed by atoms with Crippen molar-refractivity contribution < 1.29 is 19.2 Å². The van der Waals surface area contributed by atoms with Gasteiger partial charge in [-0.05, 0) is 95.9 Å². The molecule has 46 heavy (non-hydrogen) atoms. The maximum atomic E-state index is 14.1. The van der Waals surface area contributed by atoms with Crippen LogP contribution in [0.4, 0.5) is 0 Å². The van der Waals surface area contributed by atoms with Crippen molar-refractivity contribution in [1.29, 1.82) is 0 Å². The SMILES string of the molecule is CC1=C2SC3=C(CCC4=C5SC6=C(C)C(=O)C(C)(C)N[C@@]6(C)CC5=NC(C)(C)C4=O)C(=O)C(C)(C)N=C3C[C@@]2(C)NC(C)(C)C1=O. The molecule has 246 valence electrons. The number of dihydropyridines is 2. The lowest BCUT2D eigenvalue weighted by Gasteiger charge is -2.49. The number of nitrogens with one attached hydrogen (secondary N) is 2. The molecule has 0 saturated carbocycles. The maximum absolute atomic E-state index is 14.1. The van der Waals surface area contributed by atoms with E-state index in [4.69, 9.17) is 9.98 Å². The molecule has 2 N–H and O–H groups in total. The second-order valence-electron chi connectivity index (χ2n) is 16.3. The largest absolute Gasteiger partial charge is 0.295 e. The summed E-state index contributed by atoms with van der Waals surface area (Å²) < 4.78 is 0.